The first-order valence-corrected chi connectivity index (χ1v) is 9.09. The van der Waals surface area contributed by atoms with Crippen LogP contribution in [-0.2, 0) is 0 Å². The molecule has 0 amide bonds. The molecule has 1 saturated heterocycles. The number of nitriles is 1. The van der Waals surface area contributed by atoms with Crippen molar-refractivity contribution in [2.45, 2.75) is 32.6 Å². The van der Waals surface area contributed by atoms with Crippen molar-refractivity contribution in [3.8, 4) is 6.07 Å². The van der Waals surface area contributed by atoms with Crippen molar-refractivity contribution >= 4 is 11.6 Å². The summed E-state index contributed by atoms with van der Waals surface area (Å²) in [5.41, 5.74) is 1.69. The molecule has 0 unspecified atom stereocenters. The fourth-order valence-electron chi connectivity index (χ4n) is 3.75. The Hall–Kier alpha value is -3.15. The van der Waals surface area contributed by atoms with Gasteiger partial charge in [0.1, 0.15) is 23.9 Å². The lowest BCUT2D eigenvalue weighted by Gasteiger charge is -2.38. The zero-order valence-electron chi connectivity index (χ0n) is 15.5. The molecule has 2 atom stereocenters. The second-order valence-corrected chi connectivity index (χ2v) is 7.13. The van der Waals surface area contributed by atoms with Crippen LogP contribution >= 0.6 is 0 Å². The number of anilines is 1. The molecule has 1 aliphatic rings. The van der Waals surface area contributed by atoms with Gasteiger partial charge in [-0.15, -0.1) is 0 Å². The van der Waals surface area contributed by atoms with Gasteiger partial charge in [0, 0.05) is 24.7 Å². The van der Waals surface area contributed by atoms with E-state index in [2.05, 4.69) is 37.9 Å². The number of halogens is 2. The molecular formula is C19H19F2N7. The Morgan fingerprint density at radius 3 is 2.86 bits per heavy atom. The highest BCUT2D eigenvalue weighted by molar-refractivity contribution is 5.55. The molecule has 0 aromatic carbocycles. The number of piperidine rings is 1. The zero-order chi connectivity index (χ0) is 19.8. The van der Waals surface area contributed by atoms with E-state index >= 15 is 0 Å². The number of hydrogen-bond donors (Lipinski definition) is 0. The largest absolute Gasteiger partial charge is 0.355 e. The van der Waals surface area contributed by atoms with E-state index in [0.717, 1.165) is 18.7 Å². The third-order valence-corrected chi connectivity index (χ3v) is 5.30. The van der Waals surface area contributed by atoms with Crippen molar-refractivity contribution in [1.82, 2.24) is 24.6 Å². The van der Waals surface area contributed by atoms with Gasteiger partial charge in [-0.05, 0) is 37.5 Å². The molecule has 28 heavy (non-hydrogen) atoms. The molecule has 0 saturated carbocycles. The molecular weight excluding hydrogens is 364 g/mol. The predicted molar refractivity (Wildman–Crippen MR) is 98.2 cm³/mol. The number of pyridine rings is 1. The SMILES string of the molecule is Cc1ccc(C#N)c(N2CC[C@@H](C)[C@H](c3cc(C(F)F)nc4ncnn34)C2)n1. The smallest absolute Gasteiger partial charge is 0.280 e. The van der Waals surface area contributed by atoms with Crippen LogP contribution in [0.15, 0.2) is 24.5 Å². The monoisotopic (exact) mass is 383 g/mol. The Bertz CT molecular complexity index is 1060. The van der Waals surface area contributed by atoms with Crippen molar-refractivity contribution in [2.24, 2.45) is 5.92 Å². The molecule has 1 fully saturated rings. The quantitative estimate of drug-likeness (QED) is 0.690. The zero-order valence-corrected chi connectivity index (χ0v) is 15.5. The molecule has 3 aromatic rings. The van der Waals surface area contributed by atoms with E-state index in [4.69, 9.17) is 0 Å². The van der Waals surface area contributed by atoms with Gasteiger partial charge in [0.25, 0.3) is 12.2 Å². The summed E-state index contributed by atoms with van der Waals surface area (Å²) in [5, 5.41) is 13.6. The third kappa shape index (κ3) is 3.15. The molecule has 4 heterocycles. The number of fused-ring (bicyclic) bond motifs is 1. The van der Waals surface area contributed by atoms with Crippen LogP contribution in [0.1, 0.15) is 48.3 Å². The van der Waals surface area contributed by atoms with Gasteiger partial charge in [-0.2, -0.15) is 15.3 Å². The van der Waals surface area contributed by atoms with Crippen molar-refractivity contribution in [3.05, 3.63) is 47.2 Å². The molecule has 0 N–H and O–H groups in total. The van der Waals surface area contributed by atoms with Crippen molar-refractivity contribution in [1.29, 1.82) is 5.26 Å². The van der Waals surface area contributed by atoms with Gasteiger partial charge >= 0.3 is 0 Å². The van der Waals surface area contributed by atoms with Crippen LogP contribution < -0.4 is 4.90 Å². The van der Waals surface area contributed by atoms with Gasteiger partial charge < -0.3 is 4.90 Å². The van der Waals surface area contributed by atoms with E-state index in [1.165, 1.54) is 16.9 Å². The number of hydrogen-bond acceptors (Lipinski definition) is 6. The summed E-state index contributed by atoms with van der Waals surface area (Å²) in [6.07, 6.45) is -0.519. The van der Waals surface area contributed by atoms with Crippen LogP contribution in [0.2, 0.25) is 0 Å². The highest BCUT2D eigenvalue weighted by Gasteiger charge is 2.32. The summed E-state index contributed by atoms with van der Waals surface area (Å²) < 4.78 is 28.2. The Balaban J connectivity index is 1.76. The molecule has 9 heteroatoms. The fourth-order valence-corrected chi connectivity index (χ4v) is 3.75. The second-order valence-electron chi connectivity index (χ2n) is 7.13. The molecule has 1 aliphatic heterocycles. The maximum atomic E-state index is 13.4. The first-order chi connectivity index (χ1) is 13.5. The number of nitrogens with zero attached hydrogens (tertiary/aromatic N) is 7. The average Bonchev–Trinajstić information content (AvgIpc) is 3.16. The predicted octanol–water partition coefficient (Wildman–Crippen LogP) is 3.27. The standard InChI is InChI=1S/C19H19F2N7/c1-11-5-6-27(18-13(8-22)4-3-12(2)25-18)9-14(11)16-7-15(17(20)21)26-19-23-10-24-28(16)19/h3-4,7,10-11,14,17H,5-6,9H2,1-2H3/t11-,14-/m1/s1. The lowest BCUT2D eigenvalue weighted by atomic mass is 9.84. The van der Waals surface area contributed by atoms with Crippen molar-refractivity contribution in [3.63, 3.8) is 0 Å². The van der Waals surface area contributed by atoms with Crippen molar-refractivity contribution < 1.29 is 8.78 Å². The van der Waals surface area contributed by atoms with Gasteiger partial charge in [-0.25, -0.2) is 23.3 Å². The molecule has 0 bridgehead atoms. The Morgan fingerprint density at radius 2 is 2.11 bits per heavy atom. The van der Waals surface area contributed by atoms with Crippen LogP contribution in [0.3, 0.4) is 0 Å². The number of rotatable bonds is 3. The lowest BCUT2D eigenvalue weighted by Crippen LogP contribution is -2.40. The fraction of sp³-hybridized carbons (Fsp3) is 0.421. The second kappa shape index (κ2) is 7.11. The minimum Gasteiger partial charge on any atom is -0.355 e. The maximum absolute atomic E-state index is 13.4. The topological polar surface area (TPSA) is 83.0 Å². The summed E-state index contributed by atoms with van der Waals surface area (Å²) in [6, 6.07) is 7.19. The Morgan fingerprint density at radius 1 is 1.29 bits per heavy atom. The van der Waals surface area contributed by atoms with E-state index in [1.807, 2.05) is 13.0 Å². The summed E-state index contributed by atoms with van der Waals surface area (Å²) in [5.74, 6) is 0.972. The first kappa shape index (κ1) is 18.2. The number of aryl methyl sites for hydroxylation is 1. The Labute approximate surface area is 160 Å². The van der Waals surface area contributed by atoms with Crippen LogP contribution in [0.25, 0.3) is 5.78 Å². The molecule has 4 rings (SSSR count). The van der Waals surface area contributed by atoms with E-state index in [1.54, 1.807) is 6.07 Å². The number of aromatic nitrogens is 5. The lowest BCUT2D eigenvalue weighted by molar-refractivity contribution is 0.146. The van der Waals surface area contributed by atoms with Gasteiger partial charge in [-0.3, -0.25) is 0 Å². The Kier molecular flexibility index (Phi) is 4.63. The number of alkyl halides is 2. The summed E-state index contributed by atoms with van der Waals surface area (Å²) in [6.45, 7) is 5.28. The van der Waals surface area contributed by atoms with Gasteiger partial charge in [0.05, 0.1) is 11.3 Å². The summed E-state index contributed by atoms with van der Waals surface area (Å²) in [4.78, 5) is 14.5. The van der Waals surface area contributed by atoms with Gasteiger partial charge in [0.2, 0.25) is 0 Å². The molecule has 0 aliphatic carbocycles. The highest BCUT2D eigenvalue weighted by atomic mass is 19.3. The molecule has 7 nitrogen and oxygen atoms in total. The molecule has 0 radical (unpaired) electrons. The van der Waals surface area contributed by atoms with Crippen LogP contribution in [0, 0.1) is 24.2 Å². The van der Waals surface area contributed by atoms with E-state index in [0.29, 0.717) is 23.6 Å². The average molecular weight is 383 g/mol. The van der Waals surface area contributed by atoms with E-state index in [9.17, 15) is 14.0 Å². The van der Waals surface area contributed by atoms with Crippen LogP contribution in [0.5, 0.6) is 0 Å². The van der Waals surface area contributed by atoms with Crippen LogP contribution in [0.4, 0.5) is 14.6 Å². The molecule has 3 aromatic heterocycles. The first-order valence-electron chi connectivity index (χ1n) is 9.09. The van der Waals surface area contributed by atoms with Gasteiger partial charge in [0.15, 0.2) is 0 Å². The third-order valence-electron chi connectivity index (χ3n) is 5.30. The molecule has 0 spiro atoms. The summed E-state index contributed by atoms with van der Waals surface area (Å²) >= 11 is 0. The highest BCUT2D eigenvalue weighted by Crippen LogP contribution is 2.35. The summed E-state index contributed by atoms with van der Waals surface area (Å²) in [7, 11) is 0. The molecule has 144 valence electrons. The maximum Gasteiger partial charge on any atom is 0.280 e. The minimum atomic E-state index is -2.68. The van der Waals surface area contributed by atoms with Gasteiger partial charge in [-0.1, -0.05) is 6.92 Å². The van der Waals surface area contributed by atoms with E-state index in [-0.39, 0.29) is 23.3 Å². The minimum absolute atomic E-state index is 0.0766. The normalized spacial score (nSPS) is 19.9. The van der Waals surface area contributed by atoms with Crippen LogP contribution in [-0.4, -0.2) is 37.7 Å². The van der Waals surface area contributed by atoms with E-state index < -0.39 is 6.43 Å². The van der Waals surface area contributed by atoms with Crippen molar-refractivity contribution in [2.75, 3.05) is 18.0 Å².